The molecular formula is C29H36ClN3O5. The summed E-state index contributed by atoms with van der Waals surface area (Å²) in [6.07, 6.45) is 8.51. The summed E-state index contributed by atoms with van der Waals surface area (Å²) in [5.41, 5.74) is -1.72. The summed E-state index contributed by atoms with van der Waals surface area (Å²) < 4.78 is 6.94. The molecule has 4 aliphatic heterocycles. The predicted molar refractivity (Wildman–Crippen MR) is 145 cm³/mol. The van der Waals surface area contributed by atoms with E-state index in [1.54, 1.807) is 41.1 Å². The minimum Gasteiger partial charge on any atom is -0.394 e. The number of rotatable bonds is 6. The fraction of sp³-hybridized carbons (Fsp3) is 0.552. The van der Waals surface area contributed by atoms with Crippen LogP contribution in [-0.4, -0.2) is 82.7 Å². The van der Waals surface area contributed by atoms with Gasteiger partial charge in [0.2, 0.25) is 11.8 Å². The molecule has 1 unspecified atom stereocenters. The van der Waals surface area contributed by atoms with Crippen molar-refractivity contribution in [1.29, 1.82) is 0 Å². The first-order valence-corrected chi connectivity index (χ1v) is 13.8. The van der Waals surface area contributed by atoms with Crippen molar-refractivity contribution in [2.24, 2.45) is 17.8 Å². The van der Waals surface area contributed by atoms with Gasteiger partial charge in [0.25, 0.3) is 5.91 Å². The first-order valence-electron chi connectivity index (χ1n) is 13.4. The minimum atomic E-state index is -1.35. The van der Waals surface area contributed by atoms with Crippen LogP contribution in [0.25, 0.3) is 0 Å². The second-order valence-corrected chi connectivity index (χ2v) is 11.7. The molecule has 38 heavy (non-hydrogen) atoms. The van der Waals surface area contributed by atoms with Gasteiger partial charge in [-0.15, -0.1) is 0 Å². The summed E-state index contributed by atoms with van der Waals surface area (Å²) >= 11 is 6.11. The van der Waals surface area contributed by atoms with E-state index >= 15 is 0 Å². The SMILES string of the molecule is CC[C@]12C=CCN(C)C(=O)[C@H]1[C@H]1C(=O)N([C@@H](CO)CC(C)C)C3C(=O)N(c4ccc(Cl)cc4)CC=C[C@@]31O2. The van der Waals surface area contributed by atoms with Gasteiger partial charge in [0, 0.05) is 30.8 Å². The van der Waals surface area contributed by atoms with Crippen LogP contribution in [-0.2, 0) is 19.1 Å². The first kappa shape index (κ1) is 26.9. The molecule has 4 aliphatic rings. The van der Waals surface area contributed by atoms with E-state index in [2.05, 4.69) is 0 Å². The highest BCUT2D eigenvalue weighted by Gasteiger charge is 2.75. The summed E-state index contributed by atoms with van der Waals surface area (Å²) in [6.45, 7) is 6.38. The predicted octanol–water partition coefficient (Wildman–Crippen LogP) is 3.04. The van der Waals surface area contributed by atoms with Gasteiger partial charge in [-0.1, -0.05) is 56.7 Å². The number of ether oxygens (including phenoxy) is 1. The molecule has 1 N–H and O–H groups in total. The molecule has 1 aromatic carbocycles. The molecule has 4 heterocycles. The Kier molecular flexibility index (Phi) is 6.95. The van der Waals surface area contributed by atoms with Crippen LogP contribution in [0.4, 0.5) is 5.69 Å². The van der Waals surface area contributed by atoms with Gasteiger partial charge in [0.1, 0.15) is 11.6 Å². The number of carbonyl (C=O) groups is 3. The topological polar surface area (TPSA) is 90.4 Å². The molecule has 0 bridgehead atoms. The highest BCUT2D eigenvalue weighted by molar-refractivity contribution is 6.30. The van der Waals surface area contributed by atoms with Crippen LogP contribution in [0.3, 0.4) is 0 Å². The van der Waals surface area contributed by atoms with E-state index in [4.69, 9.17) is 16.3 Å². The average Bonchev–Trinajstić information content (AvgIpc) is 3.19. The van der Waals surface area contributed by atoms with Crippen LogP contribution in [0.2, 0.25) is 5.02 Å². The molecule has 0 radical (unpaired) electrons. The number of carbonyl (C=O) groups excluding carboxylic acids is 3. The molecular weight excluding hydrogens is 506 g/mol. The number of aliphatic hydroxyl groups is 1. The summed E-state index contributed by atoms with van der Waals surface area (Å²) in [7, 11) is 1.73. The smallest absolute Gasteiger partial charge is 0.253 e. The third-order valence-corrected chi connectivity index (χ3v) is 8.82. The average molecular weight is 542 g/mol. The van der Waals surface area contributed by atoms with Crippen molar-refractivity contribution in [3.8, 4) is 0 Å². The Balaban J connectivity index is 1.70. The monoisotopic (exact) mass is 541 g/mol. The second-order valence-electron chi connectivity index (χ2n) is 11.3. The lowest BCUT2D eigenvalue weighted by Crippen LogP contribution is -2.59. The van der Waals surface area contributed by atoms with Gasteiger partial charge in [-0.3, -0.25) is 14.4 Å². The van der Waals surface area contributed by atoms with E-state index in [0.717, 1.165) is 0 Å². The molecule has 6 atom stereocenters. The van der Waals surface area contributed by atoms with Gasteiger partial charge < -0.3 is 24.5 Å². The Hall–Kier alpha value is -2.68. The van der Waals surface area contributed by atoms with Crippen LogP contribution in [0.1, 0.15) is 33.6 Å². The fourth-order valence-electron chi connectivity index (χ4n) is 6.89. The molecule has 0 saturated carbocycles. The van der Waals surface area contributed by atoms with E-state index in [-0.39, 0.29) is 36.8 Å². The van der Waals surface area contributed by atoms with E-state index in [0.29, 0.717) is 30.1 Å². The van der Waals surface area contributed by atoms with Crippen molar-refractivity contribution < 1.29 is 24.2 Å². The molecule has 1 aromatic rings. The van der Waals surface area contributed by atoms with Crippen LogP contribution >= 0.6 is 11.6 Å². The standard InChI is InChI=1S/C29H36ClN3O5/c1-5-28-12-6-14-31(4)25(35)22(28)23-26(36)33(21(17-34)16-18(2)3)24-27(37)32(15-7-13-29(23,24)38-28)20-10-8-19(30)9-11-20/h6-13,18,21-24,34H,5,14-17H2,1-4H3/t21-,22-,23+,24?,28+,29+/m1/s1. The maximum absolute atomic E-state index is 14.5. The minimum absolute atomic E-state index is 0.170. The number of hydrogen-bond donors (Lipinski definition) is 1. The second kappa shape index (κ2) is 9.81. The Labute approximate surface area is 228 Å². The lowest BCUT2D eigenvalue weighted by atomic mass is 9.73. The Morgan fingerprint density at radius 1 is 1.03 bits per heavy atom. The number of nitrogens with zero attached hydrogens (tertiary/aromatic N) is 3. The molecule has 1 spiro atoms. The Bertz CT molecular complexity index is 1180. The summed E-state index contributed by atoms with van der Waals surface area (Å²) in [4.78, 5) is 47.6. The molecule has 204 valence electrons. The zero-order valence-electron chi connectivity index (χ0n) is 22.3. The van der Waals surface area contributed by atoms with Gasteiger partial charge in [0.05, 0.1) is 30.1 Å². The van der Waals surface area contributed by atoms with Crippen molar-refractivity contribution in [2.75, 3.05) is 31.6 Å². The van der Waals surface area contributed by atoms with Crippen LogP contribution in [0, 0.1) is 17.8 Å². The Morgan fingerprint density at radius 2 is 1.71 bits per heavy atom. The zero-order chi connectivity index (χ0) is 27.4. The van der Waals surface area contributed by atoms with Gasteiger partial charge in [-0.25, -0.2) is 0 Å². The highest BCUT2D eigenvalue weighted by Crippen LogP contribution is 2.59. The lowest BCUT2D eigenvalue weighted by molar-refractivity contribution is -0.152. The first-order chi connectivity index (χ1) is 18.1. The number of fused-ring (bicyclic) bond motifs is 2. The van der Waals surface area contributed by atoms with Gasteiger partial charge in [-0.05, 0) is 43.0 Å². The number of hydrogen-bond acceptors (Lipinski definition) is 5. The molecule has 2 saturated heterocycles. The molecule has 2 fully saturated rings. The molecule has 0 aromatic heterocycles. The number of likely N-dealkylation sites (tertiary alicyclic amines) is 1. The number of likely N-dealkylation sites (N-methyl/N-ethyl adjacent to an activating group) is 1. The zero-order valence-corrected chi connectivity index (χ0v) is 23.1. The van der Waals surface area contributed by atoms with Gasteiger partial charge in [-0.2, -0.15) is 0 Å². The van der Waals surface area contributed by atoms with Crippen molar-refractivity contribution in [2.45, 2.75) is 56.9 Å². The van der Waals surface area contributed by atoms with Gasteiger partial charge in [0.15, 0.2) is 0 Å². The van der Waals surface area contributed by atoms with E-state index in [1.807, 2.05) is 45.1 Å². The van der Waals surface area contributed by atoms with Crippen molar-refractivity contribution >= 4 is 35.0 Å². The van der Waals surface area contributed by atoms with Gasteiger partial charge >= 0.3 is 0 Å². The number of anilines is 1. The molecule has 0 aliphatic carbocycles. The van der Waals surface area contributed by atoms with Crippen molar-refractivity contribution in [3.63, 3.8) is 0 Å². The number of aliphatic hydroxyl groups excluding tert-OH is 1. The highest BCUT2D eigenvalue weighted by atomic mass is 35.5. The third-order valence-electron chi connectivity index (χ3n) is 8.57. The maximum Gasteiger partial charge on any atom is 0.253 e. The summed E-state index contributed by atoms with van der Waals surface area (Å²) in [5.74, 6) is -2.29. The summed E-state index contributed by atoms with van der Waals surface area (Å²) in [6, 6.07) is 5.37. The molecule has 5 rings (SSSR count). The van der Waals surface area contributed by atoms with Crippen LogP contribution < -0.4 is 4.90 Å². The van der Waals surface area contributed by atoms with E-state index in [9.17, 15) is 19.5 Å². The molecule has 3 amide bonds. The molecule has 9 heteroatoms. The fourth-order valence-corrected chi connectivity index (χ4v) is 7.01. The van der Waals surface area contributed by atoms with Crippen LogP contribution in [0.5, 0.6) is 0 Å². The number of benzene rings is 1. The van der Waals surface area contributed by atoms with Crippen LogP contribution in [0.15, 0.2) is 48.6 Å². The Morgan fingerprint density at radius 3 is 2.34 bits per heavy atom. The van der Waals surface area contributed by atoms with Crippen molar-refractivity contribution in [1.82, 2.24) is 9.80 Å². The normalized spacial score (nSPS) is 33.4. The summed E-state index contributed by atoms with van der Waals surface area (Å²) in [5, 5.41) is 11.0. The maximum atomic E-state index is 14.5. The third kappa shape index (κ3) is 3.91. The number of halogens is 1. The van der Waals surface area contributed by atoms with E-state index < -0.39 is 35.1 Å². The number of amides is 3. The largest absolute Gasteiger partial charge is 0.394 e. The lowest BCUT2D eigenvalue weighted by Gasteiger charge is -2.41. The molecule has 8 nitrogen and oxygen atoms in total. The quantitative estimate of drug-likeness (QED) is 0.559. The van der Waals surface area contributed by atoms with Crippen molar-refractivity contribution in [3.05, 3.63) is 53.6 Å². The van der Waals surface area contributed by atoms with E-state index in [1.165, 1.54) is 4.90 Å².